The van der Waals surface area contributed by atoms with Crippen LogP contribution in [-0.2, 0) is 6.42 Å². The molecule has 2 aromatic carbocycles. The molecule has 3 aromatic rings. The molecule has 0 aliphatic carbocycles. The third kappa shape index (κ3) is 2.16. The zero-order valence-electron chi connectivity index (χ0n) is 12.1. The van der Waals surface area contributed by atoms with Crippen LogP contribution in [0.1, 0.15) is 22.0 Å². The molecular formula is C18H15ClFNS. The van der Waals surface area contributed by atoms with Gasteiger partial charge < -0.3 is 0 Å². The summed E-state index contributed by atoms with van der Waals surface area (Å²) in [5.74, 6) is -0.163. The third-order valence-corrected chi connectivity index (χ3v) is 6.12. The van der Waals surface area contributed by atoms with E-state index < -0.39 is 0 Å². The Kier molecular flexibility index (Phi) is 3.44. The summed E-state index contributed by atoms with van der Waals surface area (Å²) in [6.07, 6.45) is 0.878. The molecule has 0 fully saturated rings. The first-order chi connectivity index (χ1) is 10.6. The molecule has 0 N–H and O–H groups in total. The van der Waals surface area contributed by atoms with Gasteiger partial charge in [-0.3, -0.25) is 4.90 Å². The van der Waals surface area contributed by atoms with E-state index in [1.54, 1.807) is 23.5 Å². The predicted octanol–water partition coefficient (Wildman–Crippen LogP) is 5.27. The van der Waals surface area contributed by atoms with E-state index in [1.807, 2.05) is 18.2 Å². The molecule has 4 rings (SSSR count). The number of benzene rings is 2. The average Bonchev–Trinajstić information content (AvgIpc) is 2.85. The quantitative estimate of drug-likeness (QED) is 0.587. The van der Waals surface area contributed by atoms with Crippen molar-refractivity contribution in [3.63, 3.8) is 0 Å². The Labute approximate surface area is 137 Å². The van der Waals surface area contributed by atoms with Crippen molar-refractivity contribution >= 4 is 33.0 Å². The lowest BCUT2D eigenvalue weighted by Gasteiger charge is -2.34. The maximum Gasteiger partial charge on any atom is 0.123 e. The van der Waals surface area contributed by atoms with Crippen molar-refractivity contribution in [3.8, 4) is 0 Å². The van der Waals surface area contributed by atoms with E-state index in [4.69, 9.17) is 11.6 Å². The molecule has 0 spiro atoms. The molecule has 22 heavy (non-hydrogen) atoms. The molecule has 1 unspecified atom stereocenters. The lowest BCUT2D eigenvalue weighted by Crippen LogP contribution is -2.32. The molecule has 0 amide bonds. The van der Waals surface area contributed by atoms with Crippen LogP contribution in [0.4, 0.5) is 4.39 Å². The Morgan fingerprint density at radius 3 is 2.86 bits per heavy atom. The van der Waals surface area contributed by atoms with Crippen LogP contribution in [0, 0.1) is 5.82 Å². The minimum atomic E-state index is -0.163. The van der Waals surface area contributed by atoms with Crippen molar-refractivity contribution in [2.24, 2.45) is 0 Å². The molecule has 2 heterocycles. The highest BCUT2D eigenvalue weighted by atomic mass is 35.5. The van der Waals surface area contributed by atoms with Crippen LogP contribution >= 0.6 is 22.9 Å². The number of fused-ring (bicyclic) bond motifs is 2. The highest BCUT2D eigenvalue weighted by molar-refractivity contribution is 7.19. The highest BCUT2D eigenvalue weighted by Crippen LogP contribution is 2.45. The summed E-state index contributed by atoms with van der Waals surface area (Å²) in [6.45, 7) is 0.908. The molecule has 0 saturated heterocycles. The van der Waals surface area contributed by atoms with Gasteiger partial charge >= 0.3 is 0 Å². The number of hydrogen-bond donors (Lipinski definition) is 0. The van der Waals surface area contributed by atoms with Crippen LogP contribution in [-0.4, -0.2) is 18.5 Å². The lowest BCUT2D eigenvalue weighted by atomic mass is 9.92. The molecular weight excluding hydrogens is 317 g/mol. The largest absolute Gasteiger partial charge is 0.294 e. The minimum Gasteiger partial charge on any atom is -0.294 e. The molecule has 0 saturated carbocycles. The van der Waals surface area contributed by atoms with Crippen LogP contribution in [0.15, 0.2) is 42.5 Å². The Balaban J connectivity index is 1.92. The SMILES string of the molecule is CN1CCc2cc(F)ccc2C1c1sc2ccccc2c1Cl. The summed E-state index contributed by atoms with van der Waals surface area (Å²) in [5.41, 5.74) is 2.26. The van der Waals surface area contributed by atoms with Gasteiger partial charge in [0.2, 0.25) is 0 Å². The summed E-state index contributed by atoms with van der Waals surface area (Å²) < 4.78 is 14.7. The second-order valence-electron chi connectivity index (χ2n) is 5.75. The molecule has 0 radical (unpaired) electrons. The van der Waals surface area contributed by atoms with Crippen molar-refractivity contribution in [1.29, 1.82) is 0 Å². The van der Waals surface area contributed by atoms with Crippen molar-refractivity contribution < 1.29 is 4.39 Å². The monoisotopic (exact) mass is 331 g/mol. The van der Waals surface area contributed by atoms with Crippen molar-refractivity contribution in [1.82, 2.24) is 4.90 Å². The number of likely N-dealkylation sites (N-methyl/N-ethyl adjacent to an activating group) is 1. The van der Waals surface area contributed by atoms with E-state index in [2.05, 4.69) is 24.1 Å². The van der Waals surface area contributed by atoms with Gasteiger partial charge in [-0.25, -0.2) is 4.39 Å². The number of thiophene rings is 1. The summed E-state index contributed by atoms with van der Waals surface area (Å²) in [4.78, 5) is 3.45. The van der Waals surface area contributed by atoms with Gasteiger partial charge in [-0.2, -0.15) is 0 Å². The number of halogens is 2. The summed E-state index contributed by atoms with van der Waals surface area (Å²) >= 11 is 8.40. The summed E-state index contributed by atoms with van der Waals surface area (Å²) in [6, 6.07) is 13.4. The van der Waals surface area contributed by atoms with Crippen LogP contribution in [0.2, 0.25) is 5.02 Å². The fraction of sp³-hybridized carbons (Fsp3) is 0.222. The molecule has 1 aliphatic heterocycles. The second kappa shape index (κ2) is 5.34. The van der Waals surface area contributed by atoms with Gasteiger partial charge in [0.15, 0.2) is 0 Å². The Morgan fingerprint density at radius 2 is 2.05 bits per heavy atom. The highest BCUT2D eigenvalue weighted by Gasteiger charge is 2.30. The average molecular weight is 332 g/mol. The van der Waals surface area contributed by atoms with Crippen LogP contribution < -0.4 is 0 Å². The van der Waals surface area contributed by atoms with Gasteiger partial charge in [0.1, 0.15) is 5.82 Å². The van der Waals surface area contributed by atoms with E-state index in [-0.39, 0.29) is 11.9 Å². The normalized spacial score (nSPS) is 18.6. The van der Waals surface area contributed by atoms with E-state index in [0.717, 1.165) is 33.8 Å². The van der Waals surface area contributed by atoms with Crippen LogP contribution in [0.3, 0.4) is 0 Å². The second-order valence-corrected chi connectivity index (χ2v) is 7.21. The smallest absolute Gasteiger partial charge is 0.123 e. The first kappa shape index (κ1) is 14.2. The van der Waals surface area contributed by atoms with Gasteiger partial charge in [0.25, 0.3) is 0 Å². The third-order valence-electron chi connectivity index (χ3n) is 4.38. The van der Waals surface area contributed by atoms with Gasteiger partial charge in [-0.05, 0) is 42.8 Å². The molecule has 1 aromatic heterocycles. The predicted molar refractivity (Wildman–Crippen MR) is 91.4 cm³/mol. The fourth-order valence-electron chi connectivity index (χ4n) is 3.27. The first-order valence-corrected chi connectivity index (χ1v) is 8.50. The Morgan fingerprint density at radius 1 is 1.23 bits per heavy atom. The molecule has 1 nitrogen and oxygen atoms in total. The number of hydrogen-bond acceptors (Lipinski definition) is 2. The van der Waals surface area contributed by atoms with Gasteiger partial charge in [0, 0.05) is 21.5 Å². The molecule has 0 bridgehead atoms. The molecule has 4 heteroatoms. The van der Waals surface area contributed by atoms with Crippen molar-refractivity contribution in [2.75, 3.05) is 13.6 Å². The minimum absolute atomic E-state index is 0.106. The summed E-state index contributed by atoms with van der Waals surface area (Å²) in [7, 11) is 2.11. The van der Waals surface area contributed by atoms with Crippen molar-refractivity contribution in [3.05, 3.63) is 69.3 Å². The van der Waals surface area contributed by atoms with E-state index in [0.29, 0.717) is 0 Å². The number of rotatable bonds is 1. The van der Waals surface area contributed by atoms with E-state index >= 15 is 0 Å². The standard InChI is InChI=1S/C18H15ClFNS/c1-21-9-8-11-10-12(20)6-7-13(11)17(21)18-16(19)14-4-2-3-5-15(14)22-18/h2-7,10,17H,8-9H2,1H3. The van der Waals surface area contributed by atoms with Crippen LogP contribution in [0.25, 0.3) is 10.1 Å². The zero-order chi connectivity index (χ0) is 15.3. The molecule has 1 atom stereocenters. The van der Waals surface area contributed by atoms with Gasteiger partial charge in [-0.15, -0.1) is 11.3 Å². The summed E-state index contributed by atoms with van der Waals surface area (Å²) in [5, 5.41) is 1.93. The maximum absolute atomic E-state index is 13.5. The van der Waals surface area contributed by atoms with Crippen LogP contribution in [0.5, 0.6) is 0 Å². The fourth-order valence-corrected chi connectivity index (χ4v) is 4.99. The van der Waals surface area contributed by atoms with E-state index in [9.17, 15) is 4.39 Å². The molecule has 112 valence electrons. The topological polar surface area (TPSA) is 3.24 Å². The lowest BCUT2D eigenvalue weighted by molar-refractivity contribution is 0.267. The van der Waals surface area contributed by atoms with Gasteiger partial charge in [0.05, 0.1) is 11.1 Å². The van der Waals surface area contributed by atoms with E-state index in [1.165, 1.54) is 10.3 Å². The first-order valence-electron chi connectivity index (χ1n) is 7.30. The number of nitrogens with zero attached hydrogens (tertiary/aromatic N) is 1. The zero-order valence-corrected chi connectivity index (χ0v) is 13.7. The Hall–Kier alpha value is -1.42. The van der Waals surface area contributed by atoms with Crippen molar-refractivity contribution in [2.45, 2.75) is 12.5 Å². The maximum atomic E-state index is 13.5. The van der Waals surface area contributed by atoms with Gasteiger partial charge in [-0.1, -0.05) is 35.9 Å². The Bertz CT molecular complexity index is 857. The molecule has 1 aliphatic rings.